The van der Waals surface area contributed by atoms with Crippen LogP contribution in [0.3, 0.4) is 0 Å². The van der Waals surface area contributed by atoms with Gasteiger partial charge in [0.25, 0.3) is 0 Å². The summed E-state index contributed by atoms with van der Waals surface area (Å²) in [5.74, 6) is -0.873. The van der Waals surface area contributed by atoms with Gasteiger partial charge in [0.1, 0.15) is 5.52 Å². The molecule has 0 bridgehead atoms. The number of anilines is 1. The highest BCUT2D eigenvalue weighted by Gasteiger charge is 2.21. The summed E-state index contributed by atoms with van der Waals surface area (Å²) >= 11 is 6.19. The van der Waals surface area contributed by atoms with E-state index in [0.717, 1.165) is 0 Å². The Hall–Kier alpha value is -2.90. The number of aromatic amines is 1. The number of aromatic nitrogens is 2. The van der Waals surface area contributed by atoms with Gasteiger partial charge in [-0.15, -0.1) is 0 Å². The summed E-state index contributed by atoms with van der Waals surface area (Å²) in [6.07, 6.45) is 0. The molecule has 0 atom stereocenters. The number of hydrogen-bond donors (Lipinski definition) is 2. The van der Waals surface area contributed by atoms with Crippen LogP contribution in [0.4, 0.5) is 10.2 Å². The Kier molecular flexibility index (Phi) is 4.78. The number of nitrogens with zero attached hydrogens (tertiary/aromatic N) is 1. The smallest absolute Gasteiger partial charge is 0.238 e. The van der Waals surface area contributed by atoms with E-state index in [0.29, 0.717) is 22.1 Å². The topological polar surface area (TPSA) is 74.8 Å². The average Bonchev–Trinajstić information content (AvgIpc) is 3.07. The van der Waals surface area contributed by atoms with E-state index in [1.165, 1.54) is 0 Å². The average molecular weight is 416 g/mol. The summed E-state index contributed by atoms with van der Waals surface area (Å²) < 4.78 is 42.3. The maximum absolute atomic E-state index is 14.8. The van der Waals surface area contributed by atoms with E-state index in [9.17, 15) is 12.8 Å². The largest absolute Gasteiger partial charge is 0.273 e. The van der Waals surface area contributed by atoms with Gasteiger partial charge in [0.2, 0.25) is 10.0 Å². The van der Waals surface area contributed by atoms with Crippen LogP contribution in [0.1, 0.15) is 5.56 Å². The quantitative estimate of drug-likeness (QED) is 0.483. The third kappa shape index (κ3) is 3.58. The first kappa shape index (κ1) is 18.5. The third-order valence-electron chi connectivity index (χ3n) is 4.28. The van der Waals surface area contributed by atoms with Gasteiger partial charge in [-0.1, -0.05) is 72.3 Å². The summed E-state index contributed by atoms with van der Waals surface area (Å²) in [5.41, 5.74) is 1.85. The molecule has 3 aromatic carbocycles. The Morgan fingerprint density at radius 2 is 1.68 bits per heavy atom. The molecule has 0 radical (unpaired) electrons. The fourth-order valence-corrected chi connectivity index (χ4v) is 4.39. The molecule has 0 spiro atoms. The summed E-state index contributed by atoms with van der Waals surface area (Å²) in [7, 11) is -3.74. The predicted octanol–water partition coefficient (Wildman–Crippen LogP) is 4.96. The molecular weight excluding hydrogens is 401 g/mol. The molecule has 5 nitrogen and oxygen atoms in total. The second-order valence-corrected chi connectivity index (χ2v) is 8.36. The van der Waals surface area contributed by atoms with Gasteiger partial charge in [0.15, 0.2) is 11.6 Å². The van der Waals surface area contributed by atoms with E-state index in [4.69, 9.17) is 11.6 Å². The first-order chi connectivity index (χ1) is 13.4. The van der Waals surface area contributed by atoms with Crippen LogP contribution in [0.15, 0.2) is 66.7 Å². The molecule has 0 unspecified atom stereocenters. The monoisotopic (exact) mass is 415 g/mol. The Balaban J connectivity index is 1.75. The number of H-pyrrole nitrogens is 1. The lowest BCUT2D eigenvalue weighted by Gasteiger charge is -2.09. The molecule has 0 amide bonds. The second kappa shape index (κ2) is 7.26. The molecule has 4 rings (SSSR count). The van der Waals surface area contributed by atoms with Gasteiger partial charge < -0.3 is 0 Å². The van der Waals surface area contributed by atoms with Gasteiger partial charge in [-0.05, 0) is 17.2 Å². The molecule has 0 aliphatic carbocycles. The SMILES string of the molecule is O=S(=O)(Cc1ccccc1)Nc1n[nH]c2c(F)c(Cl)c(-c3ccccc3)cc12. The Bertz CT molecular complexity index is 1240. The minimum Gasteiger partial charge on any atom is -0.273 e. The minimum atomic E-state index is -3.74. The molecule has 28 heavy (non-hydrogen) atoms. The van der Waals surface area contributed by atoms with E-state index in [-0.39, 0.29) is 22.1 Å². The van der Waals surface area contributed by atoms with Crippen molar-refractivity contribution in [3.05, 3.63) is 83.1 Å². The van der Waals surface area contributed by atoms with Crippen molar-refractivity contribution in [1.82, 2.24) is 10.2 Å². The molecule has 4 aromatic rings. The first-order valence-corrected chi connectivity index (χ1v) is 10.4. The number of sulfonamides is 1. The van der Waals surface area contributed by atoms with Crippen molar-refractivity contribution in [2.45, 2.75) is 5.75 Å². The normalized spacial score (nSPS) is 11.6. The zero-order chi connectivity index (χ0) is 19.7. The molecule has 0 fully saturated rings. The Morgan fingerprint density at radius 3 is 2.36 bits per heavy atom. The Morgan fingerprint density at radius 1 is 1.04 bits per heavy atom. The maximum atomic E-state index is 14.8. The lowest BCUT2D eigenvalue weighted by molar-refractivity contribution is 0.600. The minimum absolute atomic E-state index is 0.0266. The van der Waals surface area contributed by atoms with Gasteiger partial charge >= 0.3 is 0 Å². The highest BCUT2D eigenvalue weighted by Crippen LogP contribution is 2.37. The van der Waals surface area contributed by atoms with E-state index in [1.54, 1.807) is 42.5 Å². The zero-order valence-corrected chi connectivity index (χ0v) is 16.1. The number of rotatable bonds is 5. The van der Waals surface area contributed by atoms with Crippen LogP contribution in [0.5, 0.6) is 0 Å². The molecule has 142 valence electrons. The van der Waals surface area contributed by atoms with Crippen LogP contribution in [-0.2, 0) is 15.8 Å². The van der Waals surface area contributed by atoms with Gasteiger partial charge in [0.05, 0.1) is 10.8 Å². The highest BCUT2D eigenvalue weighted by molar-refractivity contribution is 7.91. The lowest BCUT2D eigenvalue weighted by atomic mass is 10.0. The summed E-state index contributed by atoms with van der Waals surface area (Å²) in [6, 6.07) is 19.5. The molecule has 0 saturated carbocycles. The van der Waals surface area contributed by atoms with Crippen LogP contribution < -0.4 is 4.72 Å². The number of fused-ring (bicyclic) bond motifs is 1. The lowest BCUT2D eigenvalue weighted by Crippen LogP contribution is -2.15. The van der Waals surface area contributed by atoms with Crippen molar-refractivity contribution in [3.8, 4) is 11.1 Å². The maximum Gasteiger partial charge on any atom is 0.238 e. The fraction of sp³-hybridized carbons (Fsp3) is 0.0500. The van der Waals surface area contributed by atoms with E-state index in [1.807, 2.05) is 24.3 Å². The summed E-state index contributed by atoms with van der Waals surface area (Å²) in [6.45, 7) is 0. The standard InChI is InChI=1S/C20H15ClFN3O2S/c21-17-15(14-9-5-2-6-10-14)11-16-19(18(17)22)23-24-20(16)25-28(26,27)12-13-7-3-1-4-8-13/h1-11H,12H2,(H2,23,24,25). The second-order valence-electron chi connectivity index (χ2n) is 6.26. The molecule has 0 aliphatic rings. The molecule has 1 aromatic heterocycles. The third-order valence-corrected chi connectivity index (χ3v) is 5.87. The zero-order valence-electron chi connectivity index (χ0n) is 14.5. The van der Waals surface area contributed by atoms with Crippen LogP contribution in [0.25, 0.3) is 22.0 Å². The van der Waals surface area contributed by atoms with Crippen molar-refractivity contribution in [1.29, 1.82) is 0 Å². The van der Waals surface area contributed by atoms with Crippen LogP contribution in [0.2, 0.25) is 5.02 Å². The Labute approximate surface area is 166 Å². The van der Waals surface area contributed by atoms with E-state index >= 15 is 0 Å². The van der Waals surface area contributed by atoms with E-state index < -0.39 is 15.8 Å². The fourth-order valence-electron chi connectivity index (χ4n) is 2.98. The van der Waals surface area contributed by atoms with Crippen molar-refractivity contribution >= 4 is 38.3 Å². The molecular formula is C20H15ClFN3O2S. The number of nitrogens with one attached hydrogen (secondary N) is 2. The molecule has 1 heterocycles. The number of hydrogen-bond acceptors (Lipinski definition) is 3. The highest BCUT2D eigenvalue weighted by atomic mass is 35.5. The van der Waals surface area contributed by atoms with Crippen LogP contribution >= 0.6 is 11.6 Å². The summed E-state index contributed by atoms with van der Waals surface area (Å²) in [4.78, 5) is 0. The first-order valence-electron chi connectivity index (χ1n) is 8.40. The van der Waals surface area contributed by atoms with Crippen LogP contribution in [-0.4, -0.2) is 18.6 Å². The van der Waals surface area contributed by atoms with Gasteiger partial charge in [-0.2, -0.15) is 5.10 Å². The van der Waals surface area contributed by atoms with Crippen molar-refractivity contribution in [2.75, 3.05) is 4.72 Å². The van der Waals surface area contributed by atoms with Crippen molar-refractivity contribution < 1.29 is 12.8 Å². The van der Waals surface area contributed by atoms with Crippen molar-refractivity contribution in [2.24, 2.45) is 0 Å². The molecule has 2 N–H and O–H groups in total. The van der Waals surface area contributed by atoms with E-state index in [2.05, 4.69) is 14.9 Å². The number of benzene rings is 3. The van der Waals surface area contributed by atoms with Crippen molar-refractivity contribution in [3.63, 3.8) is 0 Å². The number of halogens is 2. The summed E-state index contributed by atoms with van der Waals surface area (Å²) in [5, 5.41) is 6.72. The predicted molar refractivity (Wildman–Crippen MR) is 109 cm³/mol. The van der Waals surface area contributed by atoms with Gasteiger partial charge in [0, 0.05) is 10.9 Å². The molecule has 0 saturated heterocycles. The molecule has 0 aliphatic heterocycles. The van der Waals surface area contributed by atoms with Crippen LogP contribution in [0, 0.1) is 5.82 Å². The van der Waals surface area contributed by atoms with Gasteiger partial charge in [-0.25, -0.2) is 12.8 Å². The molecule has 8 heteroatoms. The van der Waals surface area contributed by atoms with Gasteiger partial charge in [-0.3, -0.25) is 9.82 Å².